The van der Waals surface area contributed by atoms with Crippen molar-refractivity contribution in [1.29, 1.82) is 0 Å². The molecule has 186 valence electrons. The summed E-state index contributed by atoms with van der Waals surface area (Å²) >= 11 is 0. The first kappa shape index (κ1) is 27.7. The minimum Gasteiger partial charge on any atom is -0.379 e. The monoisotopic (exact) mass is 484 g/mol. The minimum absolute atomic E-state index is 0.0318. The average molecular weight is 485 g/mol. The first-order chi connectivity index (χ1) is 16.2. The molecule has 0 saturated heterocycles. The van der Waals surface area contributed by atoms with Gasteiger partial charge in [0.15, 0.2) is 5.75 Å². The molecule has 0 aliphatic rings. The standard InChI is InChI=1S/C24H37O8P/c1-3-5-6-9-15-29-33(25,30-21-20-28-19-18-27-17-16-26-4-2)32-31-24-14-10-12-22-11-7-8-13-23(22)24/h7-8,10-14H,3-6,9,15-21H2,1-2H3. The van der Waals surface area contributed by atoms with Gasteiger partial charge in [-0.25, -0.2) is 4.57 Å². The van der Waals surface area contributed by atoms with Crippen LogP contribution in [-0.4, -0.2) is 52.9 Å². The van der Waals surface area contributed by atoms with Crippen molar-refractivity contribution < 1.29 is 37.4 Å². The lowest BCUT2D eigenvalue weighted by Gasteiger charge is -2.17. The molecule has 0 fully saturated rings. The number of rotatable bonds is 20. The first-order valence-corrected chi connectivity index (χ1v) is 13.1. The summed E-state index contributed by atoms with van der Waals surface area (Å²) < 4.78 is 45.3. The Morgan fingerprint density at radius 3 is 2.12 bits per heavy atom. The molecular formula is C24H37O8P. The lowest BCUT2D eigenvalue weighted by atomic mass is 10.1. The largest absolute Gasteiger partial charge is 0.511 e. The van der Waals surface area contributed by atoms with Crippen LogP contribution in [0.2, 0.25) is 0 Å². The third-order valence-corrected chi connectivity index (χ3v) is 5.90. The number of hydrogen-bond donors (Lipinski definition) is 0. The van der Waals surface area contributed by atoms with E-state index < -0.39 is 7.82 Å². The summed E-state index contributed by atoms with van der Waals surface area (Å²) in [7, 11) is -3.94. The second-order valence-electron chi connectivity index (χ2n) is 7.23. The van der Waals surface area contributed by atoms with Crippen LogP contribution in [0.25, 0.3) is 10.8 Å². The smallest absolute Gasteiger partial charge is 0.379 e. The highest BCUT2D eigenvalue weighted by molar-refractivity contribution is 7.48. The van der Waals surface area contributed by atoms with Crippen molar-refractivity contribution in [2.75, 3.05) is 52.9 Å². The molecule has 0 aliphatic carbocycles. The Morgan fingerprint density at radius 2 is 1.36 bits per heavy atom. The molecule has 2 rings (SSSR count). The van der Waals surface area contributed by atoms with E-state index in [-0.39, 0.29) is 19.8 Å². The summed E-state index contributed by atoms with van der Waals surface area (Å²) in [5, 5.41) is 1.81. The molecular weight excluding hydrogens is 447 g/mol. The molecule has 0 spiro atoms. The molecule has 0 bridgehead atoms. The normalized spacial score (nSPS) is 13.3. The Hall–Kier alpha value is -1.51. The van der Waals surface area contributed by atoms with Crippen LogP contribution >= 0.6 is 7.82 Å². The summed E-state index contributed by atoms with van der Waals surface area (Å²) in [5.41, 5.74) is 0. The maximum absolute atomic E-state index is 13.1. The van der Waals surface area contributed by atoms with E-state index in [0.717, 1.165) is 36.5 Å². The molecule has 0 heterocycles. The second-order valence-corrected chi connectivity index (χ2v) is 8.79. The van der Waals surface area contributed by atoms with Crippen LogP contribution in [0.1, 0.15) is 39.5 Å². The van der Waals surface area contributed by atoms with Crippen LogP contribution in [-0.2, 0) is 32.5 Å². The highest BCUT2D eigenvalue weighted by atomic mass is 31.2. The maximum Gasteiger partial charge on any atom is 0.511 e. The molecule has 1 atom stereocenters. The highest BCUT2D eigenvalue weighted by Crippen LogP contribution is 2.50. The molecule has 0 aromatic heterocycles. The van der Waals surface area contributed by atoms with E-state index in [1.54, 1.807) is 6.07 Å². The van der Waals surface area contributed by atoms with Gasteiger partial charge in [-0.1, -0.05) is 67.3 Å². The number of fused-ring (bicyclic) bond motifs is 1. The molecule has 0 saturated carbocycles. The Balaban J connectivity index is 1.79. The van der Waals surface area contributed by atoms with Crippen molar-refractivity contribution in [2.24, 2.45) is 0 Å². The zero-order chi connectivity index (χ0) is 23.6. The molecule has 8 nitrogen and oxygen atoms in total. The van der Waals surface area contributed by atoms with E-state index in [1.165, 1.54) is 0 Å². The fourth-order valence-electron chi connectivity index (χ4n) is 2.93. The van der Waals surface area contributed by atoms with E-state index in [2.05, 4.69) is 6.92 Å². The molecule has 33 heavy (non-hydrogen) atoms. The van der Waals surface area contributed by atoms with Gasteiger partial charge in [-0.2, -0.15) is 0 Å². The number of phosphoric acid groups is 1. The van der Waals surface area contributed by atoms with Gasteiger partial charge in [-0.15, -0.1) is 0 Å². The molecule has 2 aromatic carbocycles. The Bertz CT molecular complexity index is 811. The summed E-state index contributed by atoms with van der Waals surface area (Å²) in [6.07, 6.45) is 3.92. The van der Waals surface area contributed by atoms with Crippen LogP contribution in [0, 0.1) is 0 Å². The van der Waals surface area contributed by atoms with Gasteiger partial charge in [0.1, 0.15) is 0 Å². The molecule has 2 aromatic rings. The van der Waals surface area contributed by atoms with E-state index in [4.69, 9.17) is 32.8 Å². The van der Waals surface area contributed by atoms with E-state index >= 15 is 0 Å². The zero-order valence-electron chi connectivity index (χ0n) is 19.7. The van der Waals surface area contributed by atoms with Gasteiger partial charge in [-0.05, 0) is 24.8 Å². The van der Waals surface area contributed by atoms with Crippen molar-refractivity contribution in [3.63, 3.8) is 0 Å². The molecule has 9 heteroatoms. The third-order valence-electron chi connectivity index (χ3n) is 4.64. The van der Waals surface area contributed by atoms with Gasteiger partial charge in [0, 0.05) is 12.0 Å². The van der Waals surface area contributed by atoms with Crippen molar-refractivity contribution >= 4 is 18.6 Å². The number of phosphoric ester groups is 1. The number of unbranched alkanes of at least 4 members (excludes halogenated alkanes) is 3. The fraction of sp³-hybridized carbons (Fsp3) is 0.583. The van der Waals surface area contributed by atoms with E-state index in [1.807, 2.05) is 43.3 Å². The van der Waals surface area contributed by atoms with Crippen LogP contribution in [0.5, 0.6) is 5.75 Å². The molecule has 0 radical (unpaired) electrons. The lowest BCUT2D eigenvalue weighted by Crippen LogP contribution is -2.12. The van der Waals surface area contributed by atoms with Gasteiger partial charge in [-0.3, -0.25) is 9.05 Å². The summed E-state index contributed by atoms with van der Waals surface area (Å²) in [4.78, 5) is 5.42. The SMILES string of the molecule is CCCCCCOP(=O)(OCCOCCOCCOCC)OOc1cccc2ccccc12. The summed E-state index contributed by atoms with van der Waals surface area (Å²) in [5.74, 6) is 0.437. The third kappa shape index (κ3) is 11.5. The fourth-order valence-corrected chi connectivity index (χ4v) is 3.91. The van der Waals surface area contributed by atoms with E-state index in [0.29, 0.717) is 38.8 Å². The Labute approximate surface area is 196 Å². The average Bonchev–Trinajstić information content (AvgIpc) is 2.84. The van der Waals surface area contributed by atoms with Crippen molar-refractivity contribution in [3.8, 4) is 5.75 Å². The zero-order valence-corrected chi connectivity index (χ0v) is 20.6. The summed E-state index contributed by atoms with van der Waals surface area (Å²) in [6.45, 7) is 7.16. The molecule has 0 amide bonds. The van der Waals surface area contributed by atoms with Gasteiger partial charge in [0.05, 0.1) is 46.2 Å². The number of hydrogen-bond acceptors (Lipinski definition) is 8. The van der Waals surface area contributed by atoms with Crippen molar-refractivity contribution in [2.45, 2.75) is 39.5 Å². The summed E-state index contributed by atoms with van der Waals surface area (Å²) in [6, 6.07) is 13.2. The predicted octanol–water partition coefficient (Wildman–Crippen LogP) is 5.94. The van der Waals surface area contributed by atoms with E-state index in [9.17, 15) is 4.57 Å². The number of ether oxygens (including phenoxy) is 3. The molecule has 0 aliphatic heterocycles. The lowest BCUT2D eigenvalue weighted by molar-refractivity contribution is -0.132. The highest BCUT2D eigenvalue weighted by Gasteiger charge is 2.29. The second kappa shape index (κ2) is 17.0. The van der Waals surface area contributed by atoms with Gasteiger partial charge in [0.2, 0.25) is 0 Å². The molecule has 0 N–H and O–H groups in total. The van der Waals surface area contributed by atoms with Gasteiger partial charge < -0.3 is 19.1 Å². The van der Waals surface area contributed by atoms with Crippen LogP contribution in [0.4, 0.5) is 0 Å². The topological polar surface area (TPSA) is 81.7 Å². The first-order valence-electron chi connectivity index (χ1n) is 11.6. The van der Waals surface area contributed by atoms with Crippen LogP contribution in [0.3, 0.4) is 0 Å². The van der Waals surface area contributed by atoms with Gasteiger partial charge >= 0.3 is 7.82 Å². The molecule has 1 unspecified atom stereocenters. The minimum atomic E-state index is -3.94. The maximum atomic E-state index is 13.1. The van der Waals surface area contributed by atoms with Crippen molar-refractivity contribution in [1.82, 2.24) is 0 Å². The Morgan fingerprint density at radius 1 is 0.697 bits per heavy atom. The Kier molecular flexibility index (Phi) is 14.3. The number of benzene rings is 2. The quantitative estimate of drug-likeness (QED) is 0.0988. The van der Waals surface area contributed by atoms with Crippen LogP contribution in [0.15, 0.2) is 42.5 Å². The van der Waals surface area contributed by atoms with Gasteiger partial charge in [0.25, 0.3) is 0 Å². The predicted molar refractivity (Wildman–Crippen MR) is 127 cm³/mol. The van der Waals surface area contributed by atoms with Crippen molar-refractivity contribution in [3.05, 3.63) is 42.5 Å². The van der Waals surface area contributed by atoms with Crippen LogP contribution < -0.4 is 4.89 Å².